The van der Waals surface area contributed by atoms with Crippen molar-refractivity contribution in [2.24, 2.45) is 22.9 Å². The quantitative estimate of drug-likeness (QED) is 0.527. The molecule has 1 aliphatic heterocycles. The smallest absolute Gasteiger partial charge is 0.0549 e. The molecule has 4 unspecified atom stereocenters. The first kappa shape index (κ1) is 5.16. The number of hydrazone groups is 1. The Morgan fingerprint density at radius 2 is 2.20 bits per heavy atom. The van der Waals surface area contributed by atoms with Gasteiger partial charge < -0.3 is 5.43 Å². The molecule has 0 aromatic carbocycles. The lowest BCUT2D eigenvalue weighted by Gasteiger charge is -2.22. The van der Waals surface area contributed by atoms with Crippen LogP contribution in [0.15, 0.2) is 5.10 Å². The summed E-state index contributed by atoms with van der Waals surface area (Å²) >= 11 is 0. The summed E-state index contributed by atoms with van der Waals surface area (Å²) in [6.45, 7) is 0. The first-order valence-corrected chi connectivity index (χ1v) is 4.24. The topological polar surface area (TPSA) is 24.4 Å². The van der Waals surface area contributed by atoms with Crippen LogP contribution in [0.25, 0.3) is 0 Å². The van der Waals surface area contributed by atoms with Gasteiger partial charge in [-0.25, -0.2) is 0 Å². The normalized spacial score (nSPS) is 55.2. The molecule has 2 aliphatic carbocycles. The van der Waals surface area contributed by atoms with Crippen molar-refractivity contribution in [1.82, 2.24) is 5.43 Å². The van der Waals surface area contributed by atoms with E-state index < -0.39 is 0 Å². The van der Waals surface area contributed by atoms with Crippen LogP contribution >= 0.6 is 0 Å². The molecule has 0 amide bonds. The Hall–Kier alpha value is -0.530. The van der Waals surface area contributed by atoms with Crippen LogP contribution in [0.2, 0.25) is 0 Å². The van der Waals surface area contributed by atoms with E-state index in [0.29, 0.717) is 0 Å². The zero-order valence-electron chi connectivity index (χ0n) is 5.96. The van der Waals surface area contributed by atoms with Crippen LogP contribution in [-0.4, -0.2) is 12.3 Å². The SMILES string of the molecule is C1=NNC2C3CCC(C3)C12. The van der Waals surface area contributed by atoms with Crippen LogP contribution < -0.4 is 5.43 Å². The Kier molecular flexibility index (Phi) is 0.800. The minimum absolute atomic E-state index is 0.735. The molecule has 3 rings (SSSR count). The van der Waals surface area contributed by atoms with Crippen molar-refractivity contribution in [1.29, 1.82) is 0 Å². The van der Waals surface area contributed by atoms with Gasteiger partial charge >= 0.3 is 0 Å². The number of nitrogens with zero attached hydrogens (tertiary/aromatic N) is 1. The predicted octanol–water partition coefficient (Wildman–Crippen LogP) is 0.990. The van der Waals surface area contributed by atoms with Gasteiger partial charge in [0.2, 0.25) is 0 Å². The molecule has 0 radical (unpaired) electrons. The fraction of sp³-hybridized carbons (Fsp3) is 0.875. The first-order valence-electron chi connectivity index (χ1n) is 4.24. The van der Waals surface area contributed by atoms with Gasteiger partial charge in [-0.05, 0) is 31.1 Å². The summed E-state index contributed by atoms with van der Waals surface area (Å²) in [5.74, 6) is 2.74. The molecule has 2 bridgehead atoms. The molecule has 10 heavy (non-hydrogen) atoms. The lowest BCUT2D eigenvalue weighted by molar-refractivity contribution is 0.337. The molecule has 54 valence electrons. The number of rotatable bonds is 0. The van der Waals surface area contributed by atoms with Crippen LogP contribution in [-0.2, 0) is 0 Å². The Balaban J connectivity index is 1.97. The highest BCUT2D eigenvalue weighted by molar-refractivity contribution is 5.65. The second-order valence-electron chi connectivity index (χ2n) is 3.84. The summed E-state index contributed by atoms with van der Waals surface area (Å²) in [6.07, 6.45) is 6.50. The van der Waals surface area contributed by atoms with E-state index >= 15 is 0 Å². The monoisotopic (exact) mass is 136 g/mol. The lowest BCUT2D eigenvalue weighted by Crippen LogP contribution is -2.32. The summed E-state index contributed by atoms with van der Waals surface area (Å²) < 4.78 is 0. The maximum Gasteiger partial charge on any atom is 0.0549 e. The van der Waals surface area contributed by atoms with Crippen molar-refractivity contribution in [2.45, 2.75) is 25.3 Å². The molecule has 0 saturated heterocycles. The molecule has 0 aromatic heterocycles. The number of hydrogen-bond acceptors (Lipinski definition) is 2. The molecule has 0 aromatic rings. The zero-order valence-corrected chi connectivity index (χ0v) is 5.96. The average Bonchev–Trinajstić information content (AvgIpc) is 2.60. The van der Waals surface area contributed by atoms with Gasteiger partial charge in [-0.3, -0.25) is 0 Å². The van der Waals surface area contributed by atoms with Gasteiger partial charge in [-0.2, -0.15) is 5.10 Å². The van der Waals surface area contributed by atoms with Crippen LogP contribution in [0.4, 0.5) is 0 Å². The molecule has 1 N–H and O–H groups in total. The van der Waals surface area contributed by atoms with Gasteiger partial charge in [0.15, 0.2) is 0 Å². The van der Waals surface area contributed by atoms with Crippen molar-refractivity contribution in [3.05, 3.63) is 0 Å². The summed E-state index contributed by atoms with van der Waals surface area (Å²) in [5.41, 5.74) is 3.22. The fourth-order valence-corrected chi connectivity index (χ4v) is 2.96. The number of nitrogens with one attached hydrogen (secondary N) is 1. The minimum atomic E-state index is 0.735. The summed E-state index contributed by atoms with van der Waals surface area (Å²) in [4.78, 5) is 0. The third-order valence-electron chi connectivity index (χ3n) is 3.45. The Bertz CT molecular complexity index is 188. The van der Waals surface area contributed by atoms with Gasteiger partial charge in [0, 0.05) is 12.1 Å². The standard InChI is InChI=1S/C8H12N2/c1-2-6-3-5(1)7-4-9-10-8(6)7/h4-8,10H,1-3H2. The van der Waals surface area contributed by atoms with E-state index in [-0.39, 0.29) is 0 Å². The third-order valence-corrected chi connectivity index (χ3v) is 3.45. The molecule has 2 nitrogen and oxygen atoms in total. The molecule has 3 aliphatic rings. The van der Waals surface area contributed by atoms with Gasteiger partial charge in [0.05, 0.1) is 6.04 Å². The highest BCUT2D eigenvalue weighted by Crippen LogP contribution is 2.48. The Morgan fingerprint density at radius 3 is 3.10 bits per heavy atom. The van der Waals surface area contributed by atoms with Crippen LogP contribution in [0.3, 0.4) is 0 Å². The Morgan fingerprint density at radius 1 is 1.30 bits per heavy atom. The van der Waals surface area contributed by atoms with E-state index in [1.165, 1.54) is 19.3 Å². The molecule has 4 atom stereocenters. The van der Waals surface area contributed by atoms with Gasteiger partial charge in [-0.15, -0.1) is 0 Å². The molecule has 0 spiro atoms. The van der Waals surface area contributed by atoms with E-state index in [1.807, 2.05) is 0 Å². The van der Waals surface area contributed by atoms with Crippen LogP contribution in [0.1, 0.15) is 19.3 Å². The third kappa shape index (κ3) is 0.446. The maximum atomic E-state index is 4.13. The summed E-state index contributed by atoms with van der Waals surface area (Å²) in [5, 5.41) is 4.13. The number of hydrogen-bond donors (Lipinski definition) is 1. The van der Waals surface area contributed by atoms with Crippen molar-refractivity contribution in [3.8, 4) is 0 Å². The molecular formula is C8H12N2. The highest BCUT2D eigenvalue weighted by atomic mass is 15.3. The Labute approximate surface area is 60.7 Å². The van der Waals surface area contributed by atoms with E-state index in [4.69, 9.17) is 0 Å². The van der Waals surface area contributed by atoms with Crippen molar-refractivity contribution >= 4 is 6.21 Å². The lowest BCUT2D eigenvalue weighted by atomic mass is 9.86. The second-order valence-corrected chi connectivity index (χ2v) is 3.84. The zero-order chi connectivity index (χ0) is 6.55. The van der Waals surface area contributed by atoms with Crippen molar-refractivity contribution in [2.75, 3.05) is 0 Å². The maximum absolute atomic E-state index is 4.13. The highest BCUT2D eigenvalue weighted by Gasteiger charge is 2.48. The van der Waals surface area contributed by atoms with Crippen LogP contribution in [0.5, 0.6) is 0 Å². The molecule has 1 heterocycles. The minimum Gasteiger partial charge on any atom is -0.306 e. The summed E-state index contributed by atoms with van der Waals surface area (Å²) in [7, 11) is 0. The molecular weight excluding hydrogens is 124 g/mol. The van der Waals surface area contributed by atoms with Crippen molar-refractivity contribution < 1.29 is 0 Å². The summed E-state index contributed by atoms with van der Waals surface area (Å²) in [6, 6.07) is 0.735. The molecule has 2 saturated carbocycles. The van der Waals surface area contributed by atoms with Gasteiger partial charge in [0.25, 0.3) is 0 Å². The molecule has 2 fully saturated rings. The van der Waals surface area contributed by atoms with Crippen molar-refractivity contribution in [3.63, 3.8) is 0 Å². The van der Waals surface area contributed by atoms with Crippen LogP contribution in [0, 0.1) is 17.8 Å². The number of fused-ring (bicyclic) bond motifs is 5. The van der Waals surface area contributed by atoms with E-state index in [0.717, 1.165) is 23.8 Å². The van der Waals surface area contributed by atoms with E-state index in [2.05, 4.69) is 16.7 Å². The van der Waals surface area contributed by atoms with Gasteiger partial charge in [0.1, 0.15) is 0 Å². The second kappa shape index (κ2) is 1.55. The van der Waals surface area contributed by atoms with E-state index in [1.54, 1.807) is 0 Å². The van der Waals surface area contributed by atoms with E-state index in [9.17, 15) is 0 Å². The fourth-order valence-electron chi connectivity index (χ4n) is 2.96. The van der Waals surface area contributed by atoms with Gasteiger partial charge in [-0.1, -0.05) is 0 Å². The average molecular weight is 136 g/mol. The first-order chi connectivity index (χ1) is 4.95. The predicted molar refractivity (Wildman–Crippen MR) is 39.7 cm³/mol. The molecule has 2 heteroatoms. The largest absolute Gasteiger partial charge is 0.306 e.